The number of nitrogens with one attached hydrogen (secondary N) is 3. The molecule has 0 bridgehead atoms. The minimum absolute atomic E-state index is 0.151. The zero-order chi connectivity index (χ0) is 17.5. The Labute approximate surface area is 143 Å². The van der Waals surface area contributed by atoms with Crippen molar-refractivity contribution < 1.29 is 9.53 Å². The van der Waals surface area contributed by atoms with Crippen LogP contribution in [0, 0.1) is 19.8 Å². The van der Waals surface area contributed by atoms with Crippen molar-refractivity contribution in [1.82, 2.24) is 15.6 Å². The molecule has 0 radical (unpaired) electrons. The van der Waals surface area contributed by atoms with Crippen LogP contribution in [-0.2, 0) is 11.3 Å². The second-order valence-corrected chi connectivity index (χ2v) is 6.72. The number of hydrogen-bond acceptors (Lipinski definition) is 3. The van der Waals surface area contributed by atoms with Gasteiger partial charge in [0.2, 0.25) is 0 Å². The van der Waals surface area contributed by atoms with Gasteiger partial charge in [-0.15, -0.1) is 0 Å². The second-order valence-electron chi connectivity index (χ2n) is 6.72. The molecular weight excluding hydrogens is 306 g/mol. The van der Waals surface area contributed by atoms with Gasteiger partial charge in [0.15, 0.2) is 0 Å². The molecule has 3 N–H and O–H groups in total. The van der Waals surface area contributed by atoms with Gasteiger partial charge in [-0.25, -0.2) is 4.79 Å². The van der Waals surface area contributed by atoms with Crippen molar-refractivity contribution in [2.75, 3.05) is 13.2 Å². The van der Waals surface area contributed by atoms with E-state index in [1.54, 1.807) is 0 Å². The first kappa shape index (κ1) is 18.5. The number of rotatable bonds is 6. The van der Waals surface area contributed by atoms with Crippen LogP contribution in [0.15, 0.2) is 10.9 Å². The van der Waals surface area contributed by atoms with E-state index in [2.05, 4.69) is 22.5 Å². The van der Waals surface area contributed by atoms with Crippen LogP contribution in [-0.4, -0.2) is 30.3 Å². The van der Waals surface area contributed by atoms with Crippen LogP contribution in [0.2, 0.25) is 0 Å². The fourth-order valence-corrected chi connectivity index (χ4v) is 3.24. The van der Waals surface area contributed by atoms with Crippen molar-refractivity contribution >= 4 is 6.03 Å². The summed E-state index contributed by atoms with van der Waals surface area (Å²) in [4.78, 5) is 26.5. The van der Waals surface area contributed by atoms with Crippen LogP contribution in [0.1, 0.15) is 49.4 Å². The molecule has 2 amide bonds. The molecule has 134 valence electrons. The summed E-state index contributed by atoms with van der Waals surface area (Å²) in [5.41, 5.74) is 2.14. The number of hydrogen-bond donors (Lipinski definition) is 3. The molecule has 0 aromatic carbocycles. The maximum absolute atomic E-state index is 11.9. The minimum Gasteiger partial charge on any atom is -0.376 e. The number of carbonyl (C=O) groups excluding carboxylic acids is 1. The third kappa shape index (κ3) is 5.37. The lowest BCUT2D eigenvalue weighted by atomic mass is 9.88. The summed E-state index contributed by atoms with van der Waals surface area (Å²) in [6, 6.07) is 1.62. The minimum atomic E-state index is -0.283. The molecule has 6 nitrogen and oxygen atoms in total. The highest BCUT2D eigenvalue weighted by Crippen LogP contribution is 2.25. The van der Waals surface area contributed by atoms with Gasteiger partial charge in [-0.1, -0.05) is 19.8 Å². The molecule has 0 spiro atoms. The molecule has 1 aliphatic rings. The number of amides is 2. The van der Waals surface area contributed by atoms with Crippen LogP contribution < -0.4 is 16.2 Å². The van der Waals surface area contributed by atoms with Crippen LogP contribution in [0.5, 0.6) is 0 Å². The number of ether oxygens (including phenoxy) is 1. The Bertz CT molecular complexity index is 612. The summed E-state index contributed by atoms with van der Waals surface area (Å²) in [5, 5.41) is 5.49. The Morgan fingerprint density at radius 1 is 1.29 bits per heavy atom. The van der Waals surface area contributed by atoms with Crippen molar-refractivity contribution in [3.8, 4) is 0 Å². The summed E-state index contributed by atoms with van der Waals surface area (Å²) in [6.07, 6.45) is 5.18. The number of urea groups is 1. The van der Waals surface area contributed by atoms with Gasteiger partial charge >= 0.3 is 6.03 Å². The molecular formula is C18H29N3O3. The van der Waals surface area contributed by atoms with Gasteiger partial charge in [0.05, 0.1) is 19.3 Å². The monoisotopic (exact) mass is 335 g/mol. The van der Waals surface area contributed by atoms with E-state index in [-0.39, 0.29) is 18.1 Å². The van der Waals surface area contributed by atoms with E-state index in [4.69, 9.17) is 4.74 Å². The Kier molecular flexibility index (Phi) is 6.85. The van der Waals surface area contributed by atoms with Crippen LogP contribution in [0.4, 0.5) is 4.79 Å². The van der Waals surface area contributed by atoms with Gasteiger partial charge in [-0.3, -0.25) is 4.79 Å². The molecule has 1 aromatic rings. The highest BCUT2D eigenvalue weighted by Gasteiger charge is 2.21. The van der Waals surface area contributed by atoms with E-state index >= 15 is 0 Å². The second kappa shape index (κ2) is 8.87. The number of aromatic amines is 1. The maximum atomic E-state index is 11.9. The maximum Gasteiger partial charge on any atom is 0.315 e. The first-order valence-electron chi connectivity index (χ1n) is 8.80. The summed E-state index contributed by atoms with van der Waals surface area (Å²) < 4.78 is 5.86. The third-order valence-corrected chi connectivity index (χ3v) is 4.67. The van der Waals surface area contributed by atoms with Crippen molar-refractivity contribution in [3.63, 3.8) is 0 Å². The number of pyridine rings is 1. The Morgan fingerprint density at radius 3 is 2.75 bits per heavy atom. The lowest BCUT2D eigenvalue weighted by Crippen LogP contribution is -2.39. The number of H-pyrrole nitrogens is 1. The van der Waals surface area contributed by atoms with Crippen LogP contribution >= 0.6 is 0 Å². The quantitative estimate of drug-likeness (QED) is 0.698. The summed E-state index contributed by atoms with van der Waals surface area (Å²) in [5.74, 6) is 0.601. The molecule has 0 saturated heterocycles. The van der Waals surface area contributed by atoms with Crippen molar-refractivity contribution in [2.24, 2.45) is 5.92 Å². The van der Waals surface area contributed by atoms with Crippen molar-refractivity contribution in [3.05, 3.63) is 33.2 Å². The number of carbonyl (C=O) groups is 1. The molecule has 1 fully saturated rings. The van der Waals surface area contributed by atoms with Gasteiger partial charge in [-0.2, -0.15) is 0 Å². The van der Waals surface area contributed by atoms with Gasteiger partial charge in [-0.05, 0) is 44.2 Å². The van der Waals surface area contributed by atoms with Crippen molar-refractivity contribution in [2.45, 2.75) is 59.1 Å². The molecule has 0 unspecified atom stereocenters. The lowest BCUT2D eigenvalue weighted by molar-refractivity contribution is -0.00243. The van der Waals surface area contributed by atoms with Crippen LogP contribution in [0.25, 0.3) is 0 Å². The van der Waals surface area contributed by atoms with Gasteiger partial charge in [0.1, 0.15) is 0 Å². The molecule has 24 heavy (non-hydrogen) atoms. The summed E-state index contributed by atoms with van der Waals surface area (Å²) in [6.45, 7) is 7.14. The first-order chi connectivity index (χ1) is 11.5. The third-order valence-electron chi connectivity index (χ3n) is 4.67. The van der Waals surface area contributed by atoms with Gasteiger partial charge in [0, 0.05) is 17.8 Å². The SMILES string of the molecule is Cc1cc(C)c(CNC(=O)NCCO[C@@H]2CCCC[C@H]2C)c(=O)[nH]1. The average Bonchev–Trinajstić information content (AvgIpc) is 2.52. The molecule has 1 aliphatic carbocycles. The predicted octanol–water partition coefficient (Wildman–Crippen LogP) is 2.39. The Morgan fingerprint density at radius 2 is 2.04 bits per heavy atom. The molecule has 6 heteroatoms. The van der Waals surface area contributed by atoms with E-state index in [0.717, 1.165) is 17.7 Å². The molecule has 1 saturated carbocycles. The standard InChI is InChI=1S/C18H29N3O3/c1-12-6-4-5-7-16(12)24-9-8-19-18(23)20-11-15-13(2)10-14(3)21-17(15)22/h10,12,16H,4-9,11H2,1-3H3,(H,21,22)(H2,19,20,23)/t12-,16-/m1/s1. The molecule has 0 aliphatic heterocycles. The highest BCUT2D eigenvalue weighted by atomic mass is 16.5. The fraction of sp³-hybridized carbons (Fsp3) is 0.667. The Hall–Kier alpha value is -1.82. The predicted molar refractivity (Wildman–Crippen MR) is 94.1 cm³/mol. The highest BCUT2D eigenvalue weighted by molar-refractivity contribution is 5.73. The van der Waals surface area contributed by atoms with Gasteiger partial charge < -0.3 is 20.4 Å². The van der Waals surface area contributed by atoms with Crippen molar-refractivity contribution in [1.29, 1.82) is 0 Å². The average molecular weight is 335 g/mol. The van der Waals surface area contributed by atoms with E-state index < -0.39 is 0 Å². The van der Waals surface area contributed by atoms with Gasteiger partial charge in [0.25, 0.3) is 5.56 Å². The molecule has 2 rings (SSSR count). The lowest BCUT2D eigenvalue weighted by Gasteiger charge is -2.28. The normalized spacial score (nSPS) is 20.6. The number of aromatic nitrogens is 1. The van der Waals surface area contributed by atoms with E-state index in [1.807, 2.05) is 19.9 Å². The zero-order valence-electron chi connectivity index (χ0n) is 14.9. The molecule has 1 heterocycles. The molecule has 2 atom stereocenters. The van der Waals surface area contributed by atoms with E-state index in [9.17, 15) is 9.59 Å². The largest absolute Gasteiger partial charge is 0.376 e. The van der Waals surface area contributed by atoms with Crippen LogP contribution in [0.3, 0.4) is 0 Å². The topological polar surface area (TPSA) is 83.2 Å². The summed E-state index contributed by atoms with van der Waals surface area (Å²) >= 11 is 0. The van der Waals surface area contributed by atoms with E-state index in [1.165, 1.54) is 19.3 Å². The summed E-state index contributed by atoms with van der Waals surface area (Å²) in [7, 11) is 0. The zero-order valence-corrected chi connectivity index (χ0v) is 14.9. The van der Waals surface area contributed by atoms with E-state index in [0.29, 0.717) is 30.7 Å². The molecule has 1 aromatic heterocycles. The Balaban J connectivity index is 1.68. The number of aryl methyl sites for hydroxylation is 2. The smallest absolute Gasteiger partial charge is 0.315 e. The fourth-order valence-electron chi connectivity index (χ4n) is 3.24. The first-order valence-corrected chi connectivity index (χ1v) is 8.80.